The average Bonchev–Trinajstić information content (AvgIpc) is 3.43. The summed E-state index contributed by atoms with van der Waals surface area (Å²) in [6, 6.07) is 9.37. The molecule has 1 aliphatic rings. The Kier molecular flexibility index (Phi) is 5.48. The fraction of sp³-hybridized carbons (Fsp3) is 0.391. The van der Waals surface area contributed by atoms with Gasteiger partial charge in [-0.25, -0.2) is 4.52 Å². The van der Waals surface area contributed by atoms with Crippen molar-refractivity contribution in [2.45, 2.75) is 32.9 Å². The summed E-state index contributed by atoms with van der Waals surface area (Å²) < 4.78 is 13.8. The quantitative estimate of drug-likeness (QED) is 0.461. The van der Waals surface area contributed by atoms with E-state index in [0.29, 0.717) is 29.7 Å². The van der Waals surface area contributed by atoms with Gasteiger partial charge in [0, 0.05) is 24.5 Å². The molecule has 1 atom stereocenters. The van der Waals surface area contributed by atoms with E-state index in [1.807, 2.05) is 24.3 Å². The number of fused-ring (bicyclic) bond motifs is 1. The Labute approximate surface area is 185 Å². The van der Waals surface area contributed by atoms with Gasteiger partial charge in [0.1, 0.15) is 11.3 Å². The smallest absolute Gasteiger partial charge is 0.277 e. The van der Waals surface area contributed by atoms with Crippen LogP contribution in [0.15, 0.2) is 52.0 Å². The fourth-order valence-electron chi connectivity index (χ4n) is 4.25. The summed E-state index contributed by atoms with van der Waals surface area (Å²) in [5.74, 6) is 2.55. The van der Waals surface area contributed by atoms with Crippen LogP contribution in [0.1, 0.15) is 31.5 Å². The summed E-state index contributed by atoms with van der Waals surface area (Å²) in [6.45, 7) is 5.27. The number of aromatic nitrogens is 5. The molecule has 32 heavy (non-hydrogen) atoms. The second kappa shape index (κ2) is 8.58. The van der Waals surface area contributed by atoms with E-state index >= 15 is 0 Å². The first-order valence-corrected chi connectivity index (χ1v) is 10.9. The Balaban J connectivity index is 1.34. The van der Waals surface area contributed by atoms with E-state index in [1.54, 1.807) is 34.7 Å². The molecule has 1 saturated heterocycles. The summed E-state index contributed by atoms with van der Waals surface area (Å²) in [6.07, 6.45) is 5.93. The van der Waals surface area contributed by atoms with Gasteiger partial charge >= 0.3 is 0 Å². The number of ether oxygens (including phenoxy) is 1. The standard InChI is InChI=1S/C23H26N6O3/c1-16-4-3-9-27(13-16)15-22-24-21(26-32-22)14-28-10-11-29-20(23(28)30)12-19(25-29)17-5-7-18(31-2)8-6-17/h5-8,10-12,16H,3-4,9,13-15H2,1-2H3/t16-/m0/s1. The molecule has 4 aromatic rings. The molecule has 0 unspecified atom stereocenters. The molecule has 5 rings (SSSR count). The zero-order chi connectivity index (χ0) is 22.1. The van der Waals surface area contributed by atoms with Crippen molar-refractivity contribution in [3.05, 3.63) is 64.8 Å². The van der Waals surface area contributed by atoms with Gasteiger partial charge < -0.3 is 13.8 Å². The van der Waals surface area contributed by atoms with Crippen LogP contribution in [-0.2, 0) is 13.1 Å². The van der Waals surface area contributed by atoms with Gasteiger partial charge in [-0.15, -0.1) is 0 Å². The van der Waals surface area contributed by atoms with Crippen molar-refractivity contribution in [2.24, 2.45) is 5.92 Å². The third kappa shape index (κ3) is 4.16. The highest BCUT2D eigenvalue weighted by molar-refractivity contribution is 5.66. The third-order valence-corrected chi connectivity index (χ3v) is 5.91. The lowest BCUT2D eigenvalue weighted by Crippen LogP contribution is -2.33. The number of methoxy groups -OCH3 is 1. The van der Waals surface area contributed by atoms with Crippen molar-refractivity contribution in [3.63, 3.8) is 0 Å². The Morgan fingerprint density at radius 2 is 2.03 bits per heavy atom. The number of benzene rings is 1. The maximum Gasteiger partial charge on any atom is 0.277 e. The number of hydrogen-bond donors (Lipinski definition) is 0. The summed E-state index contributed by atoms with van der Waals surface area (Å²) in [5, 5.41) is 8.61. The molecule has 3 aromatic heterocycles. The van der Waals surface area contributed by atoms with Crippen molar-refractivity contribution < 1.29 is 9.26 Å². The van der Waals surface area contributed by atoms with Crippen LogP contribution >= 0.6 is 0 Å². The molecule has 0 saturated carbocycles. The molecule has 1 aromatic carbocycles. The maximum atomic E-state index is 13.0. The Hall–Kier alpha value is -3.46. The van der Waals surface area contributed by atoms with Crippen molar-refractivity contribution in [1.82, 2.24) is 29.2 Å². The number of piperidine rings is 1. The molecule has 1 fully saturated rings. The molecule has 9 heteroatoms. The van der Waals surface area contributed by atoms with Crippen molar-refractivity contribution in [2.75, 3.05) is 20.2 Å². The van der Waals surface area contributed by atoms with Crippen LogP contribution in [-0.4, -0.2) is 49.4 Å². The number of likely N-dealkylation sites (tertiary alicyclic amines) is 1. The maximum absolute atomic E-state index is 13.0. The highest BCUT2D eigenvalue weighted by Gasteiger charge is 2.19. The van der Waals surface area contributed by atoms with E-state index in [0.717, 1.165) is 30.1 Å². The largest absolute Gasteiger partial charge is 0.497 e. The summed E-state index contributed by atoms with van der Waals surface area (Å²) in [7, 11) is 1.63. The van der Waals surface area contributed by atoms with Gasteiger partial charge in [-0.3, -0.25) is 9.69 Å². The van der Waals surface area contributed by atoms with Gasteiger partial charge in [-0.1, -0.05) is 12.1 Å². The number of rotatable bonds is 6. The van der Waals surface area contributed by atoms with Crippen molar-refractivity contribution in [1.29, 1.82) is 0 Å². The second-order valence-electron chi connectivity index (χ2n) is 8.41. The predicted octanol–water partition coefficient (Wildman–Crippen LogP) is 2.83. The van der Waals surface area contributed by atoms with Gasteiger partial charge in [-0.2, -0.15) is 10.1 Å². The lowest BCUT2D eigenvalue weighted by Gasteiger charge is -2.29. The Bertz CT molecular complexity index is 1270. The van der Waals surface area contributed by atoms with E-state index in [-0.39, 0.29) is 12.1 Å². The van der Waals surface area contributed by atoms with Crippen molar-refractivity contribution in [3.8, 4) is 17.0 Å². The molecule has 0 amide bonds. The molecule has 0 N–H and O–H groups in total. The van der Waals surface area contributed by atoms with Crippen molar-refractivity contribution >= 4 is 5.52 Å². The Morgan fingerprint density at radius 3 is 2.81 bits per heavy atom. The molecule has 166 valence electrons. The predicted molar refractivity (Wildman–Crippen MR) is 119 cm³/mol. The third-order valence-electron chi connectivity index (χ3n) is 5.91. The zero-order valence-corrected chi connectivity index (χ0v) is 18.3. The van der Waals surface area contributed by atoms with E-state index in [1.165, 1.54) is 12.8 Å². The monoisotopic (exact) mass is 434 g/mol. The molecular formula is C23H26N6O3. The van der Waals surface area contributed by atoms with Crippen LogP contribution < -0.4 is 10.3 Å². The molecular weight excluding hydrogens is 408 g/mol. The van der Waals surface area contributed by atoms with Gasteiger partial charge in [0.15, 0.2) is 5.82 Å². The molecule has 0 radical (unpaired) electrons. The minimum absolute atomic E-state index is 0.157. The number of nitrogens with zero attached hydrogens (tertiary/aromatic N) is 6. The highest BCUT2D eigenvalue weighted by Crippen LogP contribution is 2.22. The normalized spacial score (nSPS) is 17.1. The van der Waals surface area contributed by atoms with Gasteiger partial charge in [0.25, 0.3) is 5.56 Å². The van der Waals surface area contributed by atoms with E-state index in [2.05, 4.69) is 27.1 Å². The minimum Gasteiger partial charge on any atom is -0.497 e. The van der Waals surface area contributed by atoms with Gasteiger partial charge in [-0.05, 0) is 55.6 Å². The molecule has 0 bridgehead atoms. The van der Waals surface area contributed by atoms with Crippen LogP contribution in [0, 0.1) is 5.92 Å². The molecule has 0 aliphatic carbocycles. The second-order valence-corrected chi connectivity index (χ2v) is 8.41. The topological polar surface area (TPSA) is 90.7 Å². The van der Waals surface area contributed by atoms with E-state index in [9.17, 15) is 4.79 Å². The average molecular weight is 435 g/mol. The summed E-state index contributed by atoms with van der Waals surface area (Å²) in [5.41, 5.74) is 1.97. The zero-order valence-electron chi connectivity index (χ0n) is 18.3. The summed E-state index contributed by atoms with van der Waals surface area (Å²) >= 11 is 0. The minimum atomic E-state index is -0.157. The lowest BCUT2D eigenvalue weighted by molar-refractivity contribution is 0.157. The number of hydrogen-bond acceptors (Lipinski definition) is 7. The highest BCUT2D eigenvalue weighted by atomic mass is 16.5. The van der Waals surface area contributed by atoms with Gasteiger partial charge in [0.05, 0.1) is 25.9 Å². The van der Waals surface area contributed by atoms with E-state index in [4.69, 9.17) is 9.26 Å². The van der Waals surface area contributed by atoms with Crippen LogP contribution in [0.4, 0.5) is 0 Å². The first kappa shape index (κ1) is 20.4. The first-order valence-electron chi connectivity index (χ1n) is 10.9. The molecule has 9 nitrogen and oxygen atoms in total. The Morgan fingerprint density at radius 1 is 1.19 bits per heavy atom. The summed E-state index contributed by atoms with van der Waals surface area (Å²) in [4.78, 5) is 19.9. The molecule has 0 spiro atoms. The first-order chi connectivity index (χ1) is 15.6. The van der Waals surface area contributed by atoms with Crippen LogP contribution in [0.2, 0.25) is 0 Å². The van der Waals surface area contributed by atoms with E-state index < -0.39 is 0 Å². The fourth-order valence-corrected chi connectivity index (χ4v) is 4.25. The lowest BCUT2D eigenvalue weighted by atomic mass is 10.0. The van der Waals surface area contributed by atoms with Crippen LogP contribution in [0.3, 0.4) is 0 Å². The molecule has 4 heterocycles. The SMILES string of the molecule is COc1ccc(-c2cc3c(=O)n(Cc4noc(CN5CCC[C@H](C)C5)n4)ccn3n2)cc1. The van der Waals surface area contributed by atoms with Crippen LogP contribution in [0.25, 0.3) is 16.8 Å². The van der Waals surface area contributed by atoms with Crippen LogP contribution in [0.5, 0.6) is 5.75 Å². The van der Waals surface area contributed by atoms with Gasteiger partial charge in [0.2, 0.25) is 5.89 Å². The molecule has 1 aliphatic heterocycles.